The normalized spacial score (nSPS) is 9.63. The summed E-state index contributed by atoms with van der Waals surface area (Å²) in [6.07, 6.45) is 2.69. The Hall–Kier alpha value is -0.786. The molecule has 19 heavy (non-hydrogen) atoms. The molecule has 0 spiro atoms. The third-order valence-corrected chi connectivity index (χ3v) is 2.10. The van der Waals surface area contributed by atoms with Crippen LogP contribution in [0.1, 0.15) is 13.8 Å². The maximum Gasteiger partial charge on any atom is 3.00 e. The molecule has 100 valence electrons. The monoisotopic (exact) mass is 340 g/mol. The second kappa shape index (κ2) is 9.17. The van der Waals surface area contributed by atoms with Gasteiger partial charge in [0.2, 0.25) is 5.56 Å². The van der Waals surface area contributed by atoms with Crippen LogP contribution in [-0.4, -0.2) is 32.7 Å². The maximum absolute atomic E-state index is 11.4. The molecule has 0 atom stereocenters. The molecule has 2 aromatic heterocycles. The molecule has 0 unspecified atom stereocenters. The van der Waals surface area contributed by atoms with E-state index in [9.17, 15) is 4.79 Å². The number of nitrogen functional groups attached to an aromatic ring is 1. The van der Waals surface area contributed by atoms with Crippen LogP contribution in [0.15, 0.2) is 4.79 Å². The Kier molecular flexibility index (Phi) is 8.79. The first kappa shape index (κ1) is 18.2. The molecule has 0 aliphatic carbocycles. The number of nitrogens with one attached hydrogen (secondary N) is 1. The van der Waals surface area contributed by atoms with Gasteiger partial charge in [-0.1, -0.05) is 0 Å². The van der Waals surface area contributed by atoms with Crippen molar-refractivity contribution in [2.75, 3.05) is 18.9 Å². The topological polar surface area (TPSA) is 98.8 Å². The molecule has 0 aliphatic rings. The summed E-state index contributed by atoms with van der Waals surface area (Å²) in [5.41, 5.74) is 5.77. The minimum absolute atomic E-state index is 0. The molecule has 3 N–H and O–H groups in total. The Labute approximate surface area is 136 Å². The summed E-state index contributed by atoms with van der Waals surface area (Å²) >= 11 is 0. The molecular formula is C11H17N5O2Y+. The van der Waals surface area contributed by atoms with Gasteiger partial charge in [0, 0.05) is 30.6 Å². The van der Waals surface area contributed by atoms with E-state index in [1.54, 1.807) is 11.5 Å². The van der Waals surface area contributed by atoms with Crippen LogP contribution in [0, 0.1) is 13.3 Å². The van der Waals surface area contributed by atoms with E-state index in [0.29, 0.717) is 25.4 Å². The standard InChI is InChI=1S/C9H12N5O2.C2H5.Y/c1-2-16-4-3-14-5-11-6-7(14)12-9(10)13-8(6)15;1-2;/h2-4H2,1H3,(H3,10,12,13,15);1H2,2H3;/q2*-1;+3. The maximum atomic E-state index is 11.4. The first-order valence-electron chi connectivity index (χ1n) is 5.64. The second-order valence-electron chi connectivity index (χ2n) is 3.18. The summed E-state index contributed by atoms with van der Waals surface area (Å²) in [5.74, 6) is 0.0732. The summed E-state index contributed by atoms with van der Waals surface area (Å²) in [4.78, 5) is 21.7. The van der Waals surface area contributed by atoms with Gasteiger partial charge >= 0.3 is 32.7 Å². The minimum Gasteiger partial charge on any atom is -0.430 e. The van der Waals surface area contributed by atoms with Crippen LogP contribution in [0.3, 0.4) is 0 Å². The number of rotatable bonds is 4. The van der Waals surface area contributed by atoms with Crippen molar-refractivity contribution in [2.45, 2.75) is 20.4 Å². The molecule has 0 saturated heterocycles. The van der Waals surface area contributed by atoms with E-state index in [-0.39, 0.29) is 49.7 Å². The van der Waals surface area contributed by atoms with Gasteiger partial charge in [0.25, 0.3) is 0 Å². The smallest absolute Gasteiger partial charge is 0.430 e. The van der Waals surface area contributed by atoms with Gasteiger partial charge in [-0.05, 0) is 6.92 Å². The van der Waals surface area contributed by atoms with Gasteiger partial charge in [-0.3, -0.25) is 9.78 Å². The summed E-state index contributed by atoms with van der Waals surface area (Å²) in [7, 11) is 0. The van der Waals surface area contributed by atoms with Gasteiger partial charge < -0.3 is 31.9 Å². The van der Waals surface area contributed by atoms with Gasteiger partial charge in [0.15, 0.2) is 5.95 Å². The zero-order valence-electron chi connectivity index (χ0n) is 11.1. The van der Waals surface area contributed by atoms with Crippen LogP contribution in [-0.2, 0) is 44.0 Å². The number of ether oxygens (including phenoxy) is 1. The average Bonchev–Trinajstić information content (AvgIpc) is 2.76. The number of nitrogens with zero attached hydrogens (tertiary/aromatic N) is 3. The van der Waals surface area contributed by atoms with Crippen molar-refractivity contribution >= 4 is 17.1 Å². The Bertz CT molecular complexity index is 551. The summed E-state index contributed by atoms with van der Waals surface area (Å²) in [5, 5.41) is 0. The molecule has 2 rings (SSSR count). The minimum atomic E-state index is -0.353. The summed E-state index contributed by atoms with van der Waals surface area (Å²) in [6.45, 7) is 8.62. The first-order valence-corrected chi connectivity index (χ1v) is 5.64. The average molecular weight is 340 g/mol. The fourth-order valence-corrected chi connectivity index (χ4v) is 1.37. The molecule has 0 bridgehead atoms. The number of nitrogens with two attached hydrogens (primary N) is 1. The molecule has 0 amide bonds. The zero-order valence-corrected chi connectivity index (χ0v) is 14.0. The van der Waals surface area contributed by atoms with Crippen molar-refractivity contribution in [3.05, 3.63) is 23.6 Å². The van der Waals surface area contributed by atoms with E-state index < -0.39 is 0 Å². The molecule has 7 nitrogen and oxygen atoms in total. The van der Waals surface area contributed by atoms with Crippen LogP contribution in [0.2, 0.25) is 0 Å². The molecule has 2 aromatic rings. The molecular weight excluding hydrogens is 323 g/mol. The van der Waals surface area contributed by atoms with Gasteiger partial charge in [-0.2, -0.15) is 6.92 Å². The van der Waals surface area contributed by atoms with Crippen LogP contribution < -0.4 is 11.3 Å². The van der Waals surface area contributed by atoms with Crippen molar-refractivity contribution in [3.8, 4) is 0 Å². The zero-order chi connectivity index (χ0) is 13.5. The third-order valence-electron chi connectivity index (χ3n) is 2.10. The SMILES string of the molecule is CCOCCn1[c-]nc2c(=O)[nH]c(N)nc21.[CH2-]C.[Y+3]. The quantitative estimate of drug-likeness (QED) is 0.619. The number of aromatic amines is 1. The summed E-state index contributed by atoms with van der Waals surface area (Å²) < 4.78 is 6.82. The van der Waals surface area contributed by atoms with Crippen LogP contribution in [0.25, 0.3) is 11.2 Å². The number of aromatic nitrogens is 4. The first-order chi connectivity index (χ1) is 8.72. The van der Waals surface area contributed by atoms with Crippen LogP contribution >= 0.6 is 0 Å². The summed E-state index contributed by atoms with van der Waals surface area (Å²) in [6, 6.07) is 0. The molecule has 0 saturated carbocycles. The van der Waals surface area contributed by atoms with Crippen molar-refractivity contribution < 1.29 is 37.4 Å². The predicted molar refractivity (Wildman–Crippen MR) is 68.9 cm³/mol. The number of imidazole rings is 1. The van der Waals surface area contributed by atoms with E-state index in [1.165, 1.54) is 0 Å². The van der Waals surface area contributed by atoms with Crippen molar-refractivity contribution in [1.82, 2.24) is 19.5 Å². The largest absolute Gasteiger partial charge is 3.00 e. The van der Waals surface area contributed by atoms with E-state index in [4.69, 9.17) is 10.5 Å². The van der Waals surface area contributed by atoms with Crippen LogP contribution in [0.5, 0.6) is 0 Å². The number of hydrogen-bond donors (Lipinski definition) is 2. The van der Waals surface area contributed by atoms with Crippen LogP contribution in [0.4, 0.5) is 5.95 Å². The number of hydrogen-bond acceptors (Lipinski definition) is 5. The van der Waals surface area contributed by atoms with E-state index >= 15 is 0 Å². The molecule has 0 radical (unpaired) electrons. The molecule has 0 aliphatic heterocycles. The molecule has 2 heterocycles. The molecule has 0 aromatic carbocycles. The van der Waals surface area contributed by atoms with Crippen molar-refractivity contribution in [1.29, 1.82) is 0 Å². The van der Waals surface area contributed by atoms with Crippen molar-refractivity contribution in [3.63, 3.8) is 0 Å². The Morgan fingerprint density at radius 1 is 1.53 bits per heavy atom. The number of anilines is 1. The number of fused-ring (bicyclic) bond motifs is 1. The fraction of sp³-hybridized carbons (Fsp3) is 0.455. The Balaban J connectivity index is 0.00000103. The Morgan fingerprint density at radius 2 is 2.21 bits per heavy atom. The van der Waals surface area contributed by atoms with Gasteiger partial charge in [0.1, 0.15) is 0 Å². The third kappa shape index (κ3) is 4.67. The van der Waals surface area contributed by atoms with Gasteiger partial charge in [-0.15, -0.1) is 0 Å². The fourth-order valence-electron chi connectivity index (χ4n) is 1.37. The van der Waals surface area contributed by atoms with Gasteiger partial charge in [-0.25, -0.2) is 0 Å². The predicted octanol–water partition coefficient (Wildman–Crippen LogP) is 0.376. The number of H-pyrrole nitrogens is 1. The van der Waals surface area contributed by atoms with E-state index in [0.717, 1.165) is 0 Å². The Morgan fingerprint density at radius 3 is 2.84 bits per heavy atom. The van der Waals surface area contributed by atoms with Crippen molar-refractivity contribution in [2.24, 2.45) is 0 Å². The molecule has 0 fully saturated rings. The van der Waals surface area contributed by atoms with E-state index in [2.05, 4.69) is 28.2 Å². The molecule has 8 heteroatoms. The van der Waals surface area contributed by atoms with Gasteiger partial charge in [0.05, 0.1) is 6.61 Å². The van der Waals surface area contributed by atoms with E-state index in [1.807, 2.05) is 6.92 Å². The second-order valence-corrected chi connectivity index (χ2v) is 3.18.